The SMILES string of the molecule is COC(=O)C(C)(C)COc1cc2c(cc1C(=O)O)OCO2. The van der Waals surface area contributed by atoms with E-state index in [9.17, 15) is 14.7 Å². The lowest BCUT2D eigenvalue weighted by molar-refractivity contribution is -0.152. The molecule has 0 spiro atoms. The van der Waals surface area contributed by atoms with Crippen LogP contribution in [0.4, 0.5) is 0 Å². The van der Waals surface area contributed by atoms with Crippen molar-refractivity contribution < 1.29 is 33.6 Å². The number of carboxylic acid groups (broad SMARTS) is 1. The van der Waals surface area contributed by atoms with E-state index in [1.165, 1.54) is 19.2 Å². The molecule has 0 aromatic heterocycles. The van der Waals surface area contributed by atoms with Crippen molar-refractivity contribution >= 4 is 11.9 Å². The van der Waals surface area contributed by atoms with E-state index in [0.29, 0.717) is 11.5 Å². The van der Waals surface area contributed by atoms with Gasteiger partial charge in [-0.05, 0) is 13.8 Å². The fourth-order valence-corrected chi connectivity index (χ4v) is 1.80. The molecule has 0 saturated carbocycles. The number of hydrogen-bond acceptors (Lipinski definition) is 6. The van der Waals surface area contributed by atoms with Crippen molar-refractivity contribution in [3.05, 3.63) is 17.7 Å². The van der Waals surface area contributed by atoms with Crippen LogP contribution < -0.4 is 14.2 Å². The maximum Gasteiger partial charge on any atom is 0.339 e. The lowest BCUT2D eigenvalue weighted by atomic mass is 9.95. The van der Waals surface area contributed by atoms with Gasteiger partial charge in [0.15, 0.2) is 11.5 Å². The van der Waals surface area contributed by atoms with E-state index >= 15 is 0 Å². The van der Waals surface area contributed by atoms with Crippen molar-refractivity contribution in [3.8, 4) is 17.2 Å². The molecule has 7 nitrogen and oxygen atoms in total. The zero-order valence-electron chi connectivity index (χ0n) is 12.0. The summed E-state index contributed by atoms with van der Waals surface area (Å²) >= 11 is 0. The van der Waals surface area contributed by atoms with E-state index in [1.807, 2.05) is 0 Å². The Kier molecular flexibility index (Phi) is 3.93. The van der Waals surface area contributed by atoms with Crippen LogP contribution in [-0.2, 0) is 9.53 Å². The van der Waals surface area contributed by atoms with Gasteiger partial charge in [0, 0.05) is 12.1 Å². The number of methoxy groups -OCH3 is 1. The van der Waals surface area contributed by atoms with E-state index in [1.54, 1.807) is 13.8 Å². The van der Waals surface area contributed by atoms with Gasteiger partial charge in [0.2, 0.25) is 6.79 Å². The molecule has 114 valence electrons. The van der Waals surface area contributed by atoms with Crippen molar-refractivity contribution in [2.45, 2.75) is 13.8 Å². The number of aromatic carboxylic acids is 1. The van der Waals surface area contributed by atoms with Gasteiger partial charge in [-0.15, -0.1) is 0 Å². The third-order valence-corrected chi connectivity index (χ3v) is 3.03. The number of carboxylic acids is 1. The Morgan fingerprint density at radius 2 is 1.90 bits per heavy atom. The standard InChI is InChI=1S/C14H16O7/c1-14(2,13(17)18-3)6-19-9-5-11-10(20-7-21-11)4-8(9)12(15)16/h4-5H,6-7H2,1-3H3,(H,15,16). The Morgan fingerprint density at radius 1 is 1.29 bits per heavy atom. The molecule has 1 aromatic carbocycles. The minimum absolute atomic E-state index is 0.0282. The fourth-order valence-electron chi connectivity index (χ4n) is 1.80. The average molecular weight is 296 g/mol. The Bertz CT molecular complexity index is 577. The minimum Gasteiger partial charge on any atom is -0.491 e. The topological polar surface area (TPSA) is 91.3 Å². The first-order valence-corrected chi connectivity index (χ1v) is 6.23. The van der Waals surface area contributed by atoms with Crippen LogP contribution in [0.1, 0.15) is 24.2 Å². The fraction of sp³-hybridized carbons (Fsp3) is 0.429. The van der Waals surface area contributed by atoms with E-state index < -0.39 is 17.4 Å². The maximum absolute atomic E-state index is 11.6. The summed E-state index contributed by atoms with van der Waals surface area (Å²) < 4.78 is 20.5. The first-order chi connectivity index (χ1) is 9.85. The first-order valence-electron chi connectivity index (χ1n) is 6.23. The Morgan fingerprint density at radius 3 is 2.48 bits per heavy atom. The van der Waals surface area contributed by atoms with Crippen LogP contribution in [0.5, 0.6) is 17.2 Å². The molecule has 7 heteroatoms. The smallest absolute Gasteiger partial charge is 0.339 e. The van der Waals surface area contributed by atoms with Gasteiger partial charge in [-0.25, -0.2) is 4.79 Å². The monoisotopic (exact) mass is 296 g/mol. The molecule has 1 aromatic rings. The summed E-state index contributed by atoms with van der Waals surface area (Å²) in [7, 11) is 1.29. The van der Waals surface area contributed by atoms with Gasteiger partial charge in [-0.1, -0.05) is 0 Å². The molecule has 0 amide bonds. The van der Waals surface area contributed by atoms with Crippen molar-refractivity contribution in [2.24, 2.45) is 5.41 Å². The summed E-state index contributed by atoms with van der Waals surface area (Å²) in [5.74, 6) is -0.721. The highest BCUT2D eigenvalue weighted by Crippen LogP contribution is 2.38. The lowest BCUT2D eigenvalue weighted by Gasteiger charge is -2.22. The molecule has 0 saturated heterocycles. The quantitative estimate of drug-likeness (QED) is 0.827. The molecule has 1 aliphatic rings. The molecule has 2 rings (SSSR count). The average Bonchev–Trinajstić information content (AvgIpc) is 2.90. The largest absolute Gasteiger partial charge is 0.491 e. The number of benzene rings is 1. The van der Waals surface area contributed by atoms with Crippen LogP contribution in [0.2, 0.25) is 0 Å². The van der Waals surface area contributed by atoms with Crippen LogP contribution in [-0.4, -0.2) is 37.6 Å². The van der Waals surface area contributed by atoms with E-state index in [0.717, 1.165) is 0 Å². The summed E-state index contributed by atoms with van der Waals surface area (Å²) in [6, 6.07) is 2.78. The number of rotatable bonds is 5. The third-order valence-electron chi connectivity index (χ3n) is 3.03. The zero-order valence-corrected chi connectivity index (χ0v) is 12.0. The molecule has 21 heavy (non-hydrogen) atoms. The van der Waals surface area contributed by atoms with E-state index in [4.69, 9.17) is 14.2 Å². The van der Waals surface area contributed by atoms with E-state index in [-0.39, 0.29) is 24.7 Å². The van der Waals surface area contributed by atoms with Crippen LogP contribution in [0.25, 0.3) is 0 Å². The molecule has 0 aliphatic carbocycles. The predicted molar refractivity (Wildman–Crippen MR) is 70.8 cm³/mol. The predicted octanol–water partition coefficient (Wildman–Crippen LogP) is 1.69. The second-order valence-corrected chi connectivity index (χ2v) is 5.17. The second kappa shape index (κ2) is 5.51. The van der Waals surface area contributed by atoms with Gasteiger partial charge in [-0.3, -0.25) is 4.79 Å². The summed E-state index contributed by atoms with van der Waals surface area (Å²) in [4.78, 5) is 22.9. The lowest BCUT2D eigenvalue weighted by Crippen LogP contribution is -2.32. The minimum atomic E-state index is -1.15. The highest BCUT2D eigenvalue weighted by atomic mass is 16.7. The second-order valence-electron chi connectivity index (χ2n) is 5.17. The molecule has 0 radical (unpaired) electrons. The van der Waals surface area contributed by atoms with Gasteiger partial charge >= 0.3 is 11.9 Å². The summed E-state index contributed by atoms with van der Waals surface area (Å²) in [5.41, 5.74) is -0.958. The number of fused-ring (bicyclic) bond motifs is 1. The highest BCUT2D eigenvalue weighted by Gasteiger charge is 2.31. The van der Waals surface area contributed by atoms with Gasteiger partial charge in [0.1, 0.15) is 17.9 Å². The van der Waals surface area contributed by atoms with Crippen LogP contribution in [0.15, 0.2) is 12.1 Å². The number of carbonyl (C=O) groups excluding carboxylic acids is 1. The Hall–Kier alpha value is -2.44. The summed E-state index contributed by atoms with van der Waals surface area (Å²) in [5, 5.41) is 9.21. The number of esters is 1. The third kappa shape index (κ3) is 3.01. The van der Waals surface area contributed by atoms with Crippen molar-refractivity contribution in [1.82, 2.24) is 0 Å². The molecule has 1 N–H and O–H groups in total. The maximum atomic E-state index is 11.6. The normalized spacial score (nSPS) is 12.9. The molecule has 1 heterocycles. The zero-order chi connectivity index (χ0) is 15.6. The van der Waals surface area contributed by atoms with Crippen LogP contribution in [0.3, 0.4) is 0 Å². The van der Waals surface area contributed by atoms with Crippen molar-refractivity contribution in [3.63, 3.8) is 0 Å². The molecule has 0 unspecified atom stereocenters. The first kappa shape index (κ1) is 15.0. The summed E-state index contributed by atoms with van der Waals surface area (Å²) in [6.45, 7) is 3.30. The molecular formula is C14H16O7. The molecule has 1 aliphatic heterocycles. The molecule has 0 atom stereocenters. The summed E-state index contributed by atoms with van der Waals surface area (Å²) in [6.07, 6.45) is 0. The van der Waals surface area contributed by atoms with Crippen LogP contribution in [0, 0.1) is 5.41 Å². The number of carbonyl (C=O) groups is 2. The molecule has 0 bridgehead atoms. The Balaban J connectivity index is 2.23. The van der Waals surface area contributed by atoms with Gasteiger partial charge in [0.25, 0.3) is 0 Å². The van der Waals surface area contributed by atoms with Gasteiger partial charge < -0.3 is 24.1 Å². The molecule has 0 fully saturated rings. The van der Waals surface area contributed by atoms with Crippen molar-refractivity contribution in [2.75, 3.05) is 20.5 Å². The number of hydrogen-bond donors (Lipinski definition) is 1. The van der Waals surface area contributed by atoms with Gasteiger partial charge in [0.05, 0.1) is 12.5 Å². The van der Waals surface area contributed by atoms with Crippen molar-refractivity contribution in [1.29, 1.82) is 0 Å². The Labute approximate surface area is 121 Å². The van der Waals surface area contributed by atoms with Gasteiger partial charge in [-0.2, -0.15) is 0 Å². The van der Waals surface area contributed by atoms with Crippen LogP contribution >= 0.6 is 0 Å². The molecular weight excluding hydrogens is 280 g/mol. The van der Waals surface area contributed by atoms with E-state index in [2.05, 4.69) is 4.74 Å². The number of ether oxygens (including phenoxy) is 4. The highest BCUT2D eigenvalue weighted by molar-refractivity contribution is 5.92.